The topological polar surface area (TPSA) is 73.7 Å². The second-order valence-electron chi connectivity index (χ2n) is 4.80. The van der Waals surface area contributed by atoms with E-state index in [2.05, 4.69) is 4.98 Å². The number of aliphatic hydroxyl groups is 1. The fourth-order valence-electron chi connectivity index (χ4n) is 2.08. The number of carbonyl (C=O) groups excluding carboxylic acids is 1. The molecule has 6 heteroatoms. The Hall–Kier alpha value is -2.11. The Morgan fingerprint density at radius 1 is 1.27 bits per heavy atom. The molecule has 0 saturated heterocycles. The summed E-state index contributed by atoms with van der Waals surface area (Å²) in [5, 5.41) is 19.4. The molecule has 22 heavy (non-hydrogen) atoms. The minimum absolute atomic E-state index is 0.00229. The Morgan fingerprint density at radius 2 is 2.09 bits per heavy atom. The summed E-state index contributed by atoms with van der Waals surface area (Å²) in [6.45, 7) is 0.667. The summed E-state index contributed by atoms with van der Waals surface area (Å²) in [6.07, 6.45) is 1.90. The van der Waals surface area contributed by atoms with Crippen LogP contribution in [0.5, 0.6) is 5.75 Å². The molecule has 0 aliphatic heterocycles. The van der Waals surface area contributed by atoms with Gasteiger partial charge < -0.3 is 15.1 Å². The van der Waals surface area contributed by atoms with Crippen LogP contribution >= 0.6 is 11.6 Å². The van der Waals surface area contributed by atoms with Gasteiger partial charge in [0.15, 0.2) is 5.69 Å². The fraction of sp³-hybridized carbons (Fsp3) is 0.250. The van der Waals surface area contributed by atoms with Gasteiger partial charge in [-0.25, -0.2) is 4.98 Å². The van der Waals surface area contributed by atoms with Crippen LogP contribution in [0.3, 0.4) is 0 Å². The second-order valence-corrected chi connectivity index (χ2v) is 5.24. The van der Waals surface area contributed by atoms with Gasteiger partial charge in [-0.1, -0.05) is 23.7 Å². The highest BCUT2D eigenvalue weighted by atomic mass is 35.5. The van der Waals surface area contributed by atoms with Crippen LogP contribution in [0.4, 0.5) is 0 Å². The number of benzene rings is 1. The van der Waals surface area contributed by atoms with Crippen LogP contribution in [0.1, 0.15) is 22.5 Å². The predicted molar refractivity (Wildman–Crippen MR) is 83.8 cm³/mol. The summed E-state index contributed by atoms with van der Waals surface area (Å²) in [7, 11) is 0. The first kappa shape index (κ1) is 16.3. The maximum absolute atomic E-state index is 12.5. The summed E-state index contributed by atoms with van der Waals surface area (Å²) < 4.78 is 0. The quantitative estimate of drug-likeness (QED) is 0.857. The number of nitrogens with zero attached hydrogens (tertiary/aromatic N) is 2. The van der Waals surface area contributed by atoms with Crippen molar-refractivity contribution in [3.8, 4) is 5.75 Å². The highest BCUT2D eigenvalue weighted by Gasteiger charge is 2.20. The molecule has 0 saturated carbocycles. The summed E-state index contributed by atoms with van der Waals surface area (Å²) in [6, 6.07) is 10.2. The third kappa shape index (κ3) is 4.19. The molecule has 0 unspecified atom stereocenters. The Bertz CT molecular complexity index is 649. The van der Waals surface area contributed by atoms with Crippen molar-refractivity contribution in [2.24, 2.45) is 0 Å². The normalized spacial score (nSPS) is 10.5. The van der Waals surface area contributed by atoms with Crippen molar-refractivity contribution < 1.29 is 15.0 Å². The third-order valence-corrected chi connectivity index (χ3v) is 3.36. The Kier molecular flexibility index (Phi) is 5.75. The second kappa shape index (κ2) is 7.77. The van der Waals surface area contributed by atoms with E-state index in [0.29, 0.717) is 24.5 Å². The van der Waals surface area contributed by atoms with Crippen LogP contribution in [-0.2, 0) is 6.54 Å². The zero-order valence-corrected chi connectivity index (χ0v) is 12.7. The van der Waals surface area contributed by atoms with Crippen molar-refractivity contribution in [2.75, 3.05) is 13.2 Å². The van der Waals surface area contributed by atoms with Crippen LogP contribution < -0.4 is 0 Å². The van der Waals surface area contributed by atoms with Crippen molar-refractivity contribution >= 4 is 17.5 Å². The first-order valence-electron chi connectivity index (χ1n) is 6.90. The van der Waals surface area contributed by atoms with Crippen molar-refractivity contribution in [3.63, 3.8) is 0 Å². The van der Waals surface area contributed by atoms with Gasteiger partial charge in [-0.3, -0.25) is 4.79 Å². The van der Waals surface area contributed by atoms with E-state index in [9.17, 15) is 9.90 Å². The van der Waals surface area contributed by atoms with Gasteiger partial charge in [0.2, 0.25) is 0 Å². The molecule has 0 atom stereocenters. The van der Waals surface area contributed by atoms with Gasteiger partial charge in [0.25, 0.3) is 5.91 Å². The smallest absolute Gasteiger partial charge is 0.276 e. The molecule has 0 aliphatic rings. The number of rotatable bonds is 6. The van der Waals surface area contributed by atoms with E-state index in [1.807, 2.05) is 12.1 Å². The minimum atomic E-state index is -0.383. The molecule has 0 fully saturated rings. The number of aliphatic hydroxyl groups excluding tert-OH is 1. The molecule has 0 bridgehead atoms. The van der Waals surface area contributed by atoms with Gasteiger partial charge in [-0.2, -0.15) is 0 Å². The zero-order valence-electron chi connectivity index (χ0n) is 11.9. The Morgan fingerprint density at radius 3 is 2.77 bits per heavy atom. The number of hydrogen-bond donors (Lipinski definition) is 2. The van der Waals surface area contributed by atoms with E-state index < -0.39 is 0 Å². The standard InChI is InChI=1S/C16H17ClN2O3/c17-13-5-1-4-12(10-13)11-19(8-3-9-20)16(22)15-14(21)6-2-7-18-15/h1-2,4-7,10,20-21H,3,8-9,11H2. The highest BCUT2D eigenvalue weighted by molar-refractivity contribution is 6.30. The highest BCUT2D eigenvalue weighted by Crippen LogP contribution is 2.18. The lowest BCUT2D eigenvalue weighted by atomic mass is 10.2. The maximum Gasteiger partial charge on any atom is 0.276 e. The number of pyridine rings is 1. The van der Waals surface area contributed by atoms with Crippen LogP contribution in [0.2, 0.25) is 5.02 Å². The van der Waals surface area contributed by atoms with E-state index in [4.69, 9.17) is 16.7 Å². The Balaban J connectivity index is 2.22. The number of halogens is 1. The fourth-order valence-corrected chi connectivity index (χ4v) is 2.29. The molecular formula is C16H17ClN2O3. The van der Waals surface area contributed by atoms with Crippen molar-refractivity contribution in [3.05, 3.63) is 58.9 Å². The maximum atomic E-state index is 12.5. The molecule has 1 amide bonds. The number of amides is 1. The van der Waals surface area contributed by atoms with E-state index in [1.54, 1.807) is 18.2 Å². The van der Waals surface area contributed by atoms with E-state index >= 15 is 0 Å². The van der Waals surface area contributed by atoms with Gasteiger partial charge in [0.1, 0.15) is 5.75 Å². The molecule has 1 aromatic heterocycles. The predicted octanol–water partition coefficient (Wildman–Crippen LogP) is 2.47. The van der Waals surface area contributed by atoms with E-state index in [-0.39, 0.29) is 24.0 Å². The van der Waals surface area contributed by atoms with Gasteiger partial charge in [-0.05, 0) is 36.2 Å². The number of carbonyl (C=O) groups is 1. The average Bonchev–Trinajstić information content (AvgIpc) is 2.51. The lowest BCUT2D eigenvalue weighted by Crippen LogP contribution is -2.32. The summed E-state index contributed by atoms with van der Waals surface area (Å²) in [4.78, 5) is 18.0. The molecule has 116 valence electrons. The van der Waals surface area contributed by atoms with Gasteiger partial charge in [-0.15, -0.1) is 0 Å². The molecule has 5 nitrogen and oxygen atoms in total. The largest absolute Gasteiger partial charge is 0.505 e. The zero-order chi connectivity index (χ0) is 15.9. The van der Waals surface area contributed by atoms with Gasteiger partial charge in [0, 0.05) is 30.9 Å². The van der Waals surface area contributed by atoms with E-state index in [1.165, 1.54) is 17.2 Å². The molecule has 1 heterocycles. The lowest BCUT2D eigenvalue weighted by molar-refractivity contribution is 0.0722. The molecule has 2 aromatic rings. The first-order chi connectivity index (χ1) is 10.6. The third-order valence-electron chi connectivity index (χ3n) is 3.12. The molecule has 0 spiro atoms. The van der Waals surface area contributed by atoms with Crippen LogP contribution in [0, 0.1) is 0 Å². The van der Waals surface area contributed by atoms with Crippen molar-refractivity contribution in [1.29, 1.82) is 0 Å². The Labute approximate surface area is 133 Å². The van der Waals surface area contributed by atoms with Crippen molar-refractivity contribution in [2.45, 2.75) is 13.0 Å². The van der Waals surface area contributed by atoms with Crippen molar-refractivity contribution in [1.82, 2.24) is 9.88 Å². The molecule has 1 aromatic carbocycles. The summed E-state index contributed by atoms with van der Waals surface area (Å²) >= 11 is 5.96. The van der Waals surface area contributed by atoms with Crippen LogP contribution in [-0.4, -0.2) is 39.2 Å². The lowest BCUT2D eigenvalue weighted by Gasteiger charge is -2.22. The van der Waals surface area contributed by atoms with Crippen LogP contribution in [0.15, 0.2) is 42.6 Å². The molecule has 0 aliphatic carbocycles. The molecular weight excluding hydrogens is 304 g/mol. The monoisotopic (exact) mass is 320 g/mol. The molecule has 2 rings (SSSR count). The number of aromatic hydroxyl groups is 1. The average molecular weight is 321 g/mol. The minimum Gasteiger partial charge on any atom is -0.505 e. The number of aromatic nitrogens is 1. The summed E-state index contributed by atoms with van der Waals surface area (Å²) in [5.41, 5.74) is 0.872. The molecule has 0 radical (unpaired) electrons. The van der Waals surface area contributed by atoms with Gasteiger partial charge in [0.05, 0.1) is 0 Å². The summed E-state index contributed by atoms with van der Waals surface area (Å²) in [5.74, 6) is -0.542. The van der Waals surface area contributed by atoms with Gasteiger partial charge >= 0.3 is 0 Å². The number of hydrogen-bond acceptors (Lipinski definition) is 4. The SMILES string of the molecule is O=C(c1ncccc1O)N(CCCO)Cc1cccc(Cl)c1. The van der Waals surface area contributed by atoms with Crippen LogP contribution in [0.25, 0.3) is 0 Å². The van der Waals surface area contributed by atoms with E-state index in [0.717, 1.165) is 5.56 Å². The molecule has 2 N–H and O–H groups in total. The first-order valence-corrected chi connectivity index (χ1v) is 7.28.